The number of piperazine rings is 1. The summed E-state index contributed by atoms with van der Waals surface area (Å²) in [5.74, 6) is 0.975. The summed E-state index contributed by atoms with van der Waals surface area (Å²) in [5, 5.41) is 3.73. The molecule has 1 aliphatic heterocycles. The Bertz CT molecular complexity index is 206. The minimum absolute atomic E-state index is 0.742. The third-order valence-electron chi connectivity index (χ3n) is 4.02. The molecule has 2 fully saturated rings. The van der Waals surface area contributed by atoms with Crippen molar-refractivity contribution < 1.29 is 4.74 Å². The van der Waals surface area contributed by atoms with Gasteiger partial charge in [0.1, 0.15) is 0 Å². The number of hydrogen-bond acceptors (Lipinski definition) is 3. The van der Waals surface area contributed by atoms with Crippen LogP contribution in [-0.2, 0) is 4.74 Å². The van der Waals surface area contributed by atoms with Crippen molar-refractivity contribution in [3.8, 4) is 0 Å². The fraction of sp³-hybridized carbons (Fsp3) is 1.00. The number of methoxy groups -OCH3 is 1. The first-order chi connectivity index (χ1) is 7.85. The first-order valence-electron chi connectivity index (χ1n) is 6.81. The van der Waals surface area contributed by atoms with Crippen LogP contribution in [0.3, 0.4) is 0 Å². The van der Waals surface area contributed by atoms with Gasteiger partial charge in [-0.3, -0.25) is 4.90 Å². The summed E-state index contributed by atoms with van der Waals surface area (Å²) in [5.41, 5.74) is 0. The van der Waals surface area contributed by atoms with Crippen molar-refractivity contribution in [2.75, 3.05) is 33.4 Å². The zero-order valence-corrected chi connectivity index (χ0v) is 10.7. The molecule has 2 aliphatic rings. The SMILES string of the molecule is CCC1CNC(C2CC2)CN1CCCOC. The van der Waals surface area contributed by atoms with E-state index in [1.54, 1.807) is 7.11 Å². The van der Waals surface area contributed by atoms with Crippen LogP contribution >= 0.6 is 0 Å². The summed E-state index contributed by atoms with van der Waals surface area (Å²) in [6, 6.07) is 1.51. The van der Waals surface area contributed by atoms with Crippen LogP contribution in [0.15, 0.2) is 0 Å². The number of hydrogen-bond donors (Lipinski definition) is 1. The summed E-state index contributed by atoms with van der Waals surface area (Å²) < 4.78 is 5.15. The topological polar surface area (TPSA) is 24.5 Å². The third kappa shape index (κ3) is 3.19. The van der Waals surface area contributed by atoms with Crippen LogP contribution in [0, 0.1) is 5.92 Å². The minimum Gasteiger partial charge on any atom is -0.385 e. The normalized spacial score (nSPS) is 31.9. The second-order valence-electron chi connectivity index (χ2n) is 5.26. The highest BCUT2D eigenvalue weighted by Gasteiger charge is 2.36. The fourth-order valence-corrected chi connectivity index (χ4v) is 2.79. The molecule has 0 spiro atoms. The molecule has 0 aromatic rings. The van der Waals surface area contributed by atoms with E-state index in [1.165, 1.54) is 45.3 Å². The molecule has 0 aromatic carbocycles. The molecule has 0 bridgehead atoms. The minimum atomic E-state index is 0.742. The van der Waals surface area contributed by atoms with Gasteiger partial charge in [0.2, 0.25) is 0 Å². The third-order valence-corrected chi connectivity index (χ3v) is 4.02. The number of rotatable bonds is 6. The molecule has 1 saturated carbocycles. The van der Waals surface area contributed by atoms with Gasteiger partial charge in [-0.15, -0.1) is 0 Å². The van der Waals surface area contributed by atoms with Gasteiger partial charge in [0.05, 0.1) is 0 Å². The lowest BCUT2D eigenvalue weighted by Gasteiger charge is -2.40. The lowest BCUT2D eigenvalue weighted by molar-refractivity contribution is 0.102. The molecule has 1 N–H and O–H groups in total. The molecule has 1 aliphatic carbocycles. The molecule has 2 atom stereocenters. The van der Waals surface area contributed by atoms with Crippen molar-refractivity contribution in [1.29, 1.82) is 0 Å². The Balaban J connectivity index is 1.78. The first kappa shape index (κ1) is 12.3. The summed E-state index contributed by atoms with van der Waals surface area (Å²) in [6.07, 6.45) is 5.32. The zero-order valence-electron chi connectivity index (χ0n) is 10.7. The first-order valence-corrected chi connectivity index (χ1v) is 6.81. The average molecular weight is 226 g/mol. The molecule has 0 aromatic heterocycles. The molecule has 1 saturated heterocycles. The highest BCUT2D eigenvalue weighted by molar-refractivity contribution is 4.94. The van der Waals surface area contributed by atoms with Gasteiger partial charge in [-0.05, 0) is 31.6 Å². The summed E-state index contributed by atoms with van der Waals surface area (Å²) in [4.78, 5) is 2.68. The maximum Gasteiger partial charge on any atom is 0.0474 e. The second-order valence-corrected chi connectivity index (χ2v) is 5.26. The fourth-order valence-electron chi connectivity index (χ4n) is 2.79. The van der Waals surface area contributed by atoms with Gasteiger partial charge in [-0.2, -0.15) is 0 Å². The monoisotopic (exact) mass is 226 g/mol. The quantitative estimate of drug-likeness (QED) is 0.694. The van der Waals surface area contributed by atoms with E-state index < -0.39 is 0 Å². The lowest BCUT2D eigenvalue weighted by atomic mass is 10.0. The number of ether oxygens (including phenoxy) is 1. The molecule has 2 rings (SSSR count). The average Bonchev–Trinajstić information content (AvgIpc) is 3.13. The Morgan fingerprint density at radius 2 is 2.19 bits per heavy atom. The summed E-state index contributed by atoms with van der Waals surface area (Å²) in [6.45, 7) is 6.84. The van der Waals surface area contributed by atoms with Crippen molar-refractivity contribution in [2.24, 2.45) is 5.92 Å². The van der Waals surface area contributed by atoms with Gasteiger partial charge in [0.25, 0.3) is 0 Å². The molecule has 1 heterocycles. The van der Waals surface area contributed by atoms with Gasteiger partial charge in [-0.25, -0.2) is 0 Å². The molecule has 2 unspecified atom stereocenters. The van der Waals surface area contributed by atoms with Gasteiger partial charge >= 0.3 is 0 Å². The Morgan fingerprint density at radius 3 is 2.81 bits per heavy atom. The molecule has 94 valence electrons. The Hall–Kier alpha value is -0.120. The van der Waals surface area contributed by atoms with E-state index in [-0.39, 0.29) is 0 Å². The molecule has 0 amide bonds. The van der Waals surface area contributed by atoms with E-state index in [2.05, 4.69) is 17.1 Å². The van der Waals surface area contributed by atoms with Crippen LogP contribution in [0.4, 0.5) is 0 Å². The van der Waals surface area contributed by atoms with Crippen molar-refractivity contribution >= 4 is 0 Å². The molecule has 0 radical (unpaired) electrons. The van der Waals surface area contributed by atoms with Crippen LogP contribution in [0.25, 0.3) is 0 Å². The maximum atomic E-state index is 5.15. The van der Waals surface area contributed by atoms with Crippen LogP contribution in [0.2, 0.25) is 0 Å². The predicted octanol–water partition coefficient (Wildman–Crippen LogP) is 1.49. The van der Waals surface area contributed by atoms with Crippen LogP contribution in [-0.4, -0.2) is 50.3 Å². The van der Waals surface area contributed by atoms with E-state index in [0.717, 1.165) is 24.6 Å². The Labute approximate surface area is 99.5 Å². The van der Waals surface area contributed by atoms with E-state index >= 15 is 0 Å². The highest BCUT2D eigenvalue weighted by Crippen LogP contribution is 2.34. The lowest BCUT2D eigenvalue weighted by Crippen LogP contribution is -2.57. The summed E-state index contributed by atoms with van der Waals surface area (Å²) in [7, 11) is 1.79. The standard InChI is InChI=1S/C13H26N2O/c1-3-12-9-14-13(11-5-6-11)10-15(12)7-4-8-16-2/h11-14H,3-10H2,1-2H3. The molecular formula is C13H26N2O. The smallest absolute Gasteiger partial charge is 0.0474 e. The van der Waals surface area contributed by atoms with Crippen LogP contribution in [0.1, 0.15) is 32.6 Å². The highest BCUT2D eigenvalue weighted by atomic mass is 16.5. The Kier molecular flexibility index (Phi) is 4.62. The van der Waals surface area contributed by atoms with E-state index in [4.69, 9.17) is 4.74 Å². The van der Waals surface area contributed by atoms with Gasteiger partial charge in [-0.1, -0.05) is 6.92 Å². The molecule has 3 heteroatoms. The van der Waals surface area contributed by atoms with E-state index in [0.29, 0.717) is 0 Å². The van der Waals surface area contributed by atoms with Crippen LogP contribution in [0.5, 0.6) is 0 Å². The maximum absolute atomic E-state index is 5.15. The van der Waals surface area contributed by atoms with Gasteiger partial charge < -0.3 is 10.1 Å². The number of nitrogens with one attached hydrogen (secondary N) is 1. The van der Waals surface area contributed by atoms with E-state index in [9.17, 15) is 0 Å². The van der Waals surface area contributed by atoms with Crippen molar-refractivity contribution in [3.63, 3.8) is 0 Å². The Morgan fingerprint density at radius 1 is 1.38 bits per heavy atom. The molecular weight excluding hydrogens is 200 g/mol. The largest absolute Gasteiger partial charge is 0.385 e. The number of nitrogens with zero attached hydrogens (tertiary/aromatic N) is 1. The predicted molar refractivity (Wildman–Crippen MR) is 66.7 cm³/mol. The molecule has 3 nitrogen and oxygen atoms in total. The van der Waals surface area contributed by atoms with Crippen molar-refractivity contribution in [3.05, 3.63) is 0 Å². The van der Waals surface area contributed by atoms with E-state index in [1.807, 2.05) is 0 Å². The van der Waals surface area contributed by atoms with Gasteiger partial charge in [0, 0.05) is 45.4 Å². The van der Waals surface area contributed by atoms with Crippen molar-refractivity contribution in [2.45, 2.75) is 44.7 Å². The van der Waals surface area contributed by atoms with Crippen LogP contribution < -0.4 is 5.32 Å². The molecule has 16 heavy (non-hydrogen) atoms. The summed E-state index contributed by atoms with van der Waals surface area (Å²) >= 11 is 0. The second kappa shape index (κ2) is 5.99. The van der Waals surface area contributed by atoms with Crippen molar-refractivity contribution in [1.82, 2.24) is 10.2 Å². The zero-order chi connectivity index (χ0) is 11.4. The van der Waals surface area contributed by atoms with Gasteiger partial charge in [0.15, 0.2) is 0 Å².